The third-order valence-corrected chi connectivity index (χ3v) is 253. The predicted octanol–water partition coefficient (Wildman–Crippen LogP) is 21.3. The zero-order chi connectivity index (χ0) is 30.2. The molecule has 0 heterocycles. The van der Waals surface area contributed by atoms with E-state index in [9.17, 15) is 0 Å². The quantitative estimate of drug-likeness (QED) is 0.0948. The van der Waals surface area contributed by atoms with Crippen LogP contribution in [0.2, 0.25) is 0 Å². The first-order valence-electron chi connectivity index (χ1n) is 8.61. The van der Waals surface area contributed by atoms with Crippen LogP contribution in [0.5, 0.6) is 0 Å². The fourth-order valence-corrected chi connectivity index (χ4v) is 506. The van der Waals surface area contributed by atoms with Gasteiger partial charge in [-0.25, -0.2) is 0 Å². The molecule has 0 aromatic heterocycles. The Labute approximate surface area is 299 Å². The van der Waals surface area contributed by atoms with Gasteiger partial charge in [-0.15, -0.1) is 169 Å². The summed E-state index contributed by atoms with van der Waals surface area (Å²) in [6.45, 7) is -1.52. The molecule has 0 saturated carbocycles. The highest BCUT2D eigenvalue weighted by molar-refractivity contribution is 9.47. The summed E-state index contributed by atoms with van der Waals surface area (Å²) < 4.78 is 0. The van der Waals surface area contributed by atoms with Crippen molar-refractivity contribution in [2.45, 2.75) is 0 Å². The molecule has 23 unspecified atom stereocenters. The molecule has 38 heteroatoms. The van der Waals surface area contributed by atoms with Crippen molar-refractivity contribution < 1.29 is 0 Å². The van der Waals surface area contributed by atoms with Crippen molar-refractivity contribution in [3.05, 3.63) is 0 Å². The fraction of sp³-hybridized carbons (Fsp3) is 0. The Morgan fingerprint density at radius 2 is 0.500 bits per heavy atom. The minimum atomic E-state index is -0.134. The van der Waals surface area contributed by atoms with Gasteiger partial charge in [-0.2, -0.15) is 0 Å². The Hall–Kier alpha value is 16.0. The molecule has 38 heavy (non-hydrogen) atoms. The highest BCUT2D eigenvalue weighted by Gasteiger charge is 2.54. The maximum atomic E-state index is 6.50. The standard InChI is InChI=1S/BH38P37/c1-20-21-31(22(2)3)36(32(23(4)5)24(6)7)38(35(29(16)17)30(18)19)37(33(25(8)9)26(10)11)34(27(12)13)28(14)15/h20-21H,2-19H2. The van der Waals surface area contributed by atoms with Crippen molar-refractivity contribution in [3.63, 3.8) is 0 Å². The predicted molar refractivity (Wildman–Crippen MR) is 315 cm³/mol. The summed E-state index contributed by atoms with van der Waals surface area (Å²) in [6, 6.07) is 0. The van der Waals surface area contributed by atoms with Gasteiger partial charge in [0.1, 0.15) is 7.57 Å². The third-order valence-electron chi connectivity index (χ3n) is 3.17. The molecule has 0 rings (SSSR count). The highest BCUT2D eigenvalue weighted by atomic mass is 33.5. The van der Waals surface area contributed by atoms with E-state index in [0.29, 0.717) is 8.15 Å². The lowest BCUT2D eigenvalue weighted by atomic mass is 10.8. The summed E-state index contributed by atoms with van der Waals surface area (Å²) in [4.78, 5) is 0. The van der Waals surface area contributed by atoms with Gasteiger partial charge in [0.2, 0.25) is 0 Å². The second kappa shape index (κ2) is 30.1. The first kappa shape index (κ1) is 54.0. The molecule has 226 valence electrons. The molecule has 0 aliphatic carbocycles. The Bertz CT molecular complexity index is 544. The topological polar surface area (TPSA) is 0 Å². The first-order chi connectivity index (χ1) is 17.3. The lowest BCUT2D eigenvalue weighted by Gasteiger charge is -2.55. The van der Waals surface area contributed by atoms with Crippen LogP contribution in [0.1, 0.15) is 0 Å². The van der Waals surface area contributed by atoms with Gasteiger partial charge in [-0.1, -0.05) is 7.96 Å². The lowest BCUT2D eigenvalue weighted by Crippen LogP contribution is -1.67. The van der Waals surface area contributed by atoms with Gasteiger partial charge in [0.05, 0.1) is 0 Å². The average molecular weight is 1200 g/mol. The summed E-state index contributed by atoms with van der Waals surface area (Å²) >= 11 is 0. The maximum Gasteiger partial charge on any atom is 0.110 e. The third kappa shape index (κ3) is 19.6. The SMILES string of the molecule is [B]PPP(P(P)P)P(P(P(P)P)P(P)P)P(P(P(P)P)P(P)P)P(P(P(P)P)P(P)P)P(P(P)P)P(P)P. The van der Waals surface area contributed by atoms with Crippen LogP contribution in [0, 0.1) is 0 Å². The molecule has 0 aromatic carbocycles. The largest absolute Gasteiger partial charge is 0.145 e. The van der Waals surface area contributed by atoms with Gasteiger partial charge in [0, 0.05) is 0 Å². The van der Waals surface area contributed by atoms with Crippen LogP contribution in [0.15, 0.2) is 0 Å². The summed E-state index contributed by atoms with van der Waals surface area (Å²) in [5.41, 5.74) is 0. The van der Waals surface area contributed by atoms with E-state index in [1.165, 1.54) is 0 Å². The van der Waals surface area contributed by atoms with E-state index in [4.69, 9.17) is 7.57 Å². The highest BCUT2D eigenvalue weighted by Crippen LogP contribution is 3.41. The van der Waals surface area contributed by atoms with Crippen LogP contribution in [0.4, 0.5) is 0 Å². The van der Waals surface area contributed by atoms with Crippen molar-refractivity contribution in [1.82, 2.24) is 0 Å². The average Bonchev–Trinajstić information content (AvgIpc) is 2.71. The smallest absolute Gasteiger partial charge is 0.110 e. The number of hydrogen-bond donors (Lipinski definition) is 0. The Morgan fingerprint density at radius 1 is 0.289 bits per heavy atom. The zero-order valence-electron chi connectivity index (χ0n) is 19.6. The fourth-order valence-electron chi connectivity index (χ4n) is 2.12. The summed E-state index contributed by atoms with van der Waals surface area (Å²) in [5, 5.41) is 0. The first-order valence-corrected chi connectivity index (χ1v) is 75.8. The van der Waals surface area contributed by atoms with Gasteiger partial charge in [0.25, 0.3) is 0 Å². The lowest BCUT2D eigenvalue weighted by molar-refractivity contribution is 4.39. The summed E-state index contributed by atoms with van der Waals surface area (Å²) in [6.07, 6.45) is 0. The van der Waals surface area contributed by atoms with E-state index >= 15 is 0 Å². The molecule has 0 fully saturated rings. The molecule has 0 saturated heterocycles. The second-order valence-electron chi connectivity index (χ2n) is 5.84. The van der Waals surface area contributed by atoms with Crippen LogP contribution in [-0.2, 0) is 0 Å². The van der Waals surface area contributed by atoms with Crippen molar-refractivity contribution in [3.8, 4) is 0 Å². The molecule has 0 spiro atoms. The minimum Gasteiger partial charge on any atom is -0.145 e. The van der Waals surface area contributed by atoms with Crippen LogP contribution in [0.3, 0.4) is 0 Å². The van der Waals surface area contributed by atoms with Crippen LogP contribution in [0.25, 0.3) is 0 Å². The molecular weight excluding hydrogens is 1160 g/mol. The molecule has 23 atom stereocenters. The minimum absolute atomic E-state index is 0.0421. The molecule has 0 aliphatic heterocycles. The summed E-state index contributed by atoms with van der Waals surface area (Å²) in [7, 11) is 68.6. The van der Waals surface area contributed by atoms with E-state index < -0.39 is 0 Å². The molecular formula is H38BP37. The van der Waals surface area contributed by atoms with E-state index in [0.717, 1.165) is 7.96 Å². The van der Waals surface area contributed by atoms with Gasteiger partial charge in [0.15, 0.2) is 0 Å². The molecule has 0 amide bonds. The second-order valence-corrected chi connectivity index (χ2v) is 155. The Morgan fingerprint density at radius 3 is 0.684 bits per heavy atom. The number of rotatable bonds is 18. The molecule has 0 nitrogen and oxygen atoms in total. The normalized spacial score (nSPS) is 16.9. The van der Waals surface area contributed by atoms with Gasteiger partial charge in [-0.3, -0.25) is 0 Å². The Balaban J connectivity index is 8.05. The molecule has 0 bridgehead atoms. The summed E-state index contributed by atoms with van der Waals surface area (Å²) in [5.74, 6) is 0. The van der Waals surface area contributed by atoms with Crippen LogP contribution in [-0.4, -0.2) is 7.57 Å². The van der Waals surface area contributed by atoms with Crippen LogP contribution < -0.4 is 0 Å². The molecule has 2 radical (unpaired) electrons. The van der Waals surface area contributed by atoms with Crippen molar-refractivity contribution in [2.24, 2.45) is 0 Å². The van der Waals surface area contributed by atoms with Crippen molar-refractivity contribution >= 4 is 303 Å². The van der Waals surface area contributed by atoms with E-state index in [1.807, 2.05) is 0 Å². The van der Waals surface area contributed by atoms with E-state index in [2.05, 4.69) is 161 Å². The van der Waals surface area contributed by atoms with Gasteiger partial charge < -0.3 is 0 Å². The Kier molecular flexibility index (Phi) is 42.7. The van der Waals surface area contributed by atoms with Crippen molar-refractivity contribution in [2.75, 3.05) is 0 Å². The van der Waals surface area contributed by atoms with Crippen LogP contribution >= 0.6 is 296 Å². The molecule has 0 aromatic rings. The van der Waals surface area contributed by atoms with Crippen molar-refractivity contribution in [1.29, 1.82) is 0 Å². The zero-order valence-corrected chi connectivity index (χ0v) is 57.6. The maximum absolute atomic E-state index is 6.50. The van der Waals surface area contributed by atoms with E-state index in [-0.39, 0.29) is 119 Å². The molecule has 0 N–H and O–H groups in total. The van der Waals surface area contributed by atoms with Gasteiger partial charge in [-0.05, 0) is 119 Å². The molecule has 0 aliphatic rings. The van der Waals surface area contributed by atoms with E-state index in [1.54, 1.807) is 0 Å². The number of hydrogen-bond acceptors (Lipinski definition) is 0. The monoisotopic (exact) mass is 1200 g/mol. The van der Waals surface area contributed by atoms with Gasteiger partial charge >= 0.3 is 0 Å².